The molecular weight excluding hydrogens is 222 g/mol. The molecule has 0 unspecified atom stereocenters. The van der Waals surface area contributed by atoms with Crippen LogP contribution in [-0.4, -0.2) is 11.3 Å². The second-order valence-electron chi connectivity index (χ2n) is 2.26. The van der Waals surface area contributed by atoms with Gasteiger partial charge in [-0.05, 0) is 48.1 Å². The highest BCUT2D eigenvalue weighted by Crippen LogP contribution is 2.13. The Balaban J connectivity index is 2.41. The van der Waals surface area contributed by atoms with E-state index < -0.39 is 0 Å². The molecule has 0 aliphatic heterocycles. The number of halogens is 1. The minimum atomic E-state index is 0.121. The van der Waals surface area contributed by atoms with Gasteiger partial charge in [0.1, 0.15) is 5.76 Å². The molecule has 0 fully saturated rings. The monoisotopic (exact) mass is 229 g/mol. The third kappa shape index (κ3) is 4.06. The maximum absolute atomic E-state index is 5.56. The summed E-state index contributed by atoms with van der Waals surface area (Å²) in [6, 6.07) is 3.40. The Kier molecular flexibility index (Phi) is 4.15. The molecule has 0 saturated carbocycles. The van der Waals surface area contributed by atoms with Crippen LogP contribution in [0.4, 0.5) is 0 Å². The van der Waals surface area contributed by atoms with Crippen molar-refractivity contribution in [1.29, 1.82) is 0 Å². The molecule has 0 aliphatic carbocycles. The van der Waals surface area contributed by atoms with Gasteiger partial charge in [0.2, 0.25) is 0 Å². The van der Waals surface area contributed by atoms with Gasteiger partial charge < -0.3 is 10.2 Å². The van der Waals surface area contributed by atoms with Crippen LogP contribution in [0.15, 0.2) is 27.7 Å². The molecule has 0 bridgehead atoms. The van der Waals surface area contributed by atoms with E-state index in [9.17, 15) is 0 Å². The number of hydrogen-bond acceptors (Lipinski definition) is 3. The summed E-state index contributed by atoms with van der Waals surface area (Å²) in [5.41, 5.74) is 7.54. The number of furan rings is 1. The minimum absolute atomic E-state index is 0.121. The summed E-state index contributed by atoms with van der Waals surface area (Å²) in [5, 5.41) is 4.16. The van der Waals surface area contributed by atoms with Gasteiger partial charge in [0.05, 0.1) is 0 Å². The number of hydrazone groups is 1. The van der Waals surface area contributed by atoms with Crippen LogP contribution in [0.3, 0.4) is 0 Å². The highest BCUT2D eigenvalue weighted by Gasteiger charge is 1.92. The van der Waals surface area contributed by atoms with Gasteiger partial charge in [0.15, 0.2) is 10.3 Å². The van der Waals surface area contributed by atoms with Crippen LogP contribution in [0.1, 0.15) is 5.76 Å². The Labute approximate surface area is 91.4 Å². The van der Waals surface area contributed by atoms with Crippen LogP contribution in [0, 0.1) is 0 Å². The predicted octanol–water partition coefficient (Wildman–Crippen LogP) is 1.77. The van der Waals surface area contributed by atoms with Gasteiger partial charge in [-0.1, -0.05) is 0 Å². The Morgan fingerprint density at radius 3 is 3.00 bits per heavy atom. The van der Waals surface area contributed by atoms with E-state index in [0.717, 1.165) is 0 Å². The molecule has 14 heavy (non-hydrogen) atoms. The fourth-order valence-corrected chi connectivity index (χ4v) is 0.904. The Bertz CT molecular complexity index is 372. The molecule has 0 amide bonds. The molecule has 1 rings (SSSR count). The van der Waals surface area contributed by atoms with E-state index in [0.29, 0.717) is 11.0 Å². The SMILES string of the molecule is NC(=S)N/N=C/C=C/c1ccc(Cl)o1. The molecule has 6 heteroatoms. The van der Waals surface area contributed by atoms with E-state index in [1.54, 1.807) is 24.3 Å². The van der Waals surface area contributed by atoms with Crippen LogP contribution in [0.5, 0.6) is 0 Å². The maximum atomic E-state index is 5.56. The van der Waals surface area contributed by atoms with Crippen molar-refractivity contribution >= 4 is 41.2 Å². The van der Waals surface area contributed by atoms with Gasteiger partial charge in [0.25, 0.3) is 0 Å². The lowest BCUT2D eigenvalue weighted by atomic mass is 10.4. The molecule has 0 saturated heterocycles. The topological polar surface area (TPSA) is 63.5 Å². The van der Waals surface area contributed by atoms with Crippen LogP contribution in [0.25, 0.3) is 6.08 Å². The van der Waals surface area contributed by atoms with E-state index in [4.69, 9.17) is 21.8 Å². The Morgan fingerprint density at radius 1 is 1.64 bits per heavy atom. The summed E-state index contributed by atoms with van der Waals surface area (Å²) < 4.78 is 5.06. The molecule has 0 aliphatic rings. The van der Waals surface area contributed by atoms with Gasteiger partial charge in [-0.2, -0.15) is 5.10 Å². The summed E-state index contributed by atoms with van der Waals surface area (Å²) in [7, 11) is 0. The summed E-state index contributed by atoms with van der Waals surface area (Å²) in [4.78, 5) is 0. The molecule has 1 aromatic heterocycles. The van der Waals surface area contributed by atoms with Gasteiger partial charge in [-0.15, -0.1) is 0 Å². The van der Waals surface area contributed by atoms with Crippen molar-refractivity contribution in [3.05, 3.63) is 29.2 Å². The Morgan fingerprint density at radius 2 is 2.43 bits per heavy atom. The molecule has 1 aromatic rings. The normalized spacial score (nSPS) is 11.2. The van der Waals surface area contributed by atoms with E-state index in [1.165, 1.54) is 6.21 Å². The van der Waals surface area contributed by atoms with Crippen LogP contribution < -0.4 is 11.2 Å². The largest absolute Gasteiger partial charge is 0.445 e. The first-order valence-corrected chi connectivity index (χ1v) is 4.47. The molecule has 4 nitrogen and oxygen atoms in total. The summed E-state index contributed by atoms with van der Waals surface area (Å²) in [5.74, 6) is 0.650. The second kappa shape index (κ2) is 5.41. The average Bonchev–Trinajstić information content (AvgIpc) is 2.50. The van der Waals surface area contributed by atoms with Crippen molar-refractivity contribution in [3.63, 3.8) is 0 Å². The van der Waals surface area contributed by atoms with Crippen LogP contribution in [0.2, 0.25) is 5.22 Å². The van der Waals surface area contributed by atoms with Crippen LogP contribution >= 0.6 is 23.8 Å². The number of thiocarbonyl (C=S) groups is 1. The van der Waals surface area contributed by atoms with E-state index in [2.05, 4.69) is 22.7 Å². The first-order valence-electron chi connectivity index (χ1n) is 3.69. The first-order chi connectivity index (χ1) is 6.68. The maximum Gasteiger partial charge on any atom is 0.193 e. The fourth-order valence-electron chi connectivity index (χ4n) is 0.700. The van der Waals surface area contributed by atoms with Crippen molar-refractivity contribution in [2.75, 3.05) is 0 Å². The fraction of sp³-hybridized carbons (Fsp3) is 0. The standard InChI is InChI=1S/C8H8ClN3OS/c9-7-4-3-6(13-7)2-1-5-11-12-8(10)14/h1-5H,(H3,10,12,14)/b2-1+,11-5+. The van der Waals surface area contributed by atoms with Crippen molar-refractivity contribution in [2.24, 2.45) is 10.8 Å². The number of rotatable bonds is 3. The van der Waals surface area contributed by atoms with Crippen molar-refractivity contribution in [1.82, 2.24) is 5.43 Å². The lowest BCUT2D eigenvalue weighted by molar-refractivity contribution is 0.559. The highest BCUT2D eigenvalue weighted by molar-refractivity contribution is 7.80. The molecule has 74 valence electrons. The number of nitrogens with zero attached hydrogens (tertiary/aromatic N) is 1. The second-order valence-corrected chi connectivity index (χ2v) is 3.07. The van der Waals surface area contributed by atoms with E-state index in [-0.39, 0.29) is 5.11 Å². The van der Waals surface area contributed by atoms with Gasteiger partial charge in [-0.3, -0.25) is 5.43 Å². The zero-order valence-electron chi connectivity index (χ0n) is 7.11. The third-order valence-corrected chi connectivity index (χ3v) is 1.48. The lowest BCUT2D eigenvalue weighted by Crippen LogP contribution is -2.23. The van der Waals surface area contributed by atoms with E-state index in [1.807, 2.05) is 0 Å². The van der Waals surface area contributed by atoms with Crippen LogP contribution in [-0.2, 0) is 0 Å². The molecule has 0 aromatic carbocycles. The molecule has 0 atom stereocenters. The molecular formula is C8H8ClN3OS. The average molecular weight is 230 g/mol. The Hall–Kier alpha value is -1.33. The summed E-state index contributed by atoms with van der Waals surface area (Å²) in [6.07, 6.45) is 4.87. The number of hydrogen-bond donors (Lipinski definition) is 2. The molecule has 0 radical (unpaired) electrons. The summed E-state index contributed by atoms with van der Waals surface area (Å²) >= 11 is 10.1. The predicted molar refractivity (Wildman–Crippen MR) is 61.2 cm³/mol. The zero-order chi connectivity index (χ0) is 10.4. The summed E-state index contributed by atoms with van der Waals surface area (Å²) in [6.45, 7) is 0. The van der Waals surface area contributed by atoms with Crippen molar-refractivity contribution in [3.8, 4) is 0 Å². The molecule has 1 heterocycles. The quantitative estimate of drug-likeness (QED) is 0.471. The zero-order valence-corrected chi connectivity index (χ0v) is 8.68. The lowest BCUT2D eigenvalue weighted by Gasteiger charge is -1.90. The third-order valence-electron chi connectivity index (χ3n) is 1.19. The number of nitrogens with one attached hydrogen (secondary N) is 1. The van der Waals surface area contributed by atoms with E-state index >= 15 is 0 Å². The van der Waals surface area contributed by atoms with Gasteiger partial charge in [-0.25, -0.2) is 0 Å². The highest BCUT2D eigenvalue weighted by atomic mass is 35.5. The van der Waals surface area contributed by atoms with Crippen molar-refractivity contribution in [2.45, 2.75) is 0 Å². The van der Waals surface area contributed by atoms with Gasteiger partial charge in [0, 0.05) is 6.21 Å². The van der Waals surface area contributed by atoms with Gasteiger partial charge >= 0.3 is 0 Å². The number of nitrogens with two attached hydrogens (primary N) is 1. The number of allylic oxidation sites excluding steroid dienone is 1. The first kappa shape index (κ1) is 10.7. The minimum Gasteiger partial charge on any atom is -0.445 e. The smallest absolute Gasteiger partial charge is 0.193 e. The molecule has 0 spiro atoms. The molecule has 3 N–H and O–H groups in total. The van der Waals surface area contributed by atoms with Crippen molar-refractivity contribution < 1.29 is 4.42 Å².